The van der Waals surface area contributed by atoms with Gasteiger partial charge in [-0.05, 0) is 19.3 Å². The Kier molecular flexibility index (Phi) is 2.09. The van der Waals surface area contributed by atoms with Crippen LogP contribution in [0.25, 0.3) is 0 Å². The predicted octanol–water partition coefficient (Wildman–Crippen LogP) is 0.923. The second kappa shape index (κ2) is 2.85. The Balaban J connectivity index is 2.03. The van der Waals surface area contributed by atoms with Crippen LogP contribution in [0.2, 0.25) is 0 Å². The standard InChI is InChI=1S/C7H13NO/c1-2-5-8-7(9)6-3-4-6/h6H,2-5H2,1H3,(H,8,9). The molecule has 1 aliphatic carbocycles. The van der Waals surface area contributed by atoms with Gasteiger partial charge in [-0.3, -0.25) is 4.79 Å². The minimum Gasteiger partial charge on any atom is -0.356 e. The maximum atomic E-state index is 10.9. The molecule has 1 amide bonds. The van der Waals surface area contributed by atoms with Crippen LogP contribution in [0.15, 0.2) is 0 Å². The fourth-order valence-electron chi connectivity index (χ4n) is 0.738. The Labute approximate surface area is 55.6 Å². The second-order valence-electron chi connectivity index (χ2n) is 2.57. The average molecular weight is 127 g/mol. The molecule has 0 spiro atoms. The third-order valence-corrected chi connectivity index (χ3v) is 1.50. The number of carbonyl (C=O) groups is 1. The highest BCUT2D eigenvalue weighted by Gasteiger charge is 2.28. The molecule has 0 aliphatic heterocycles. The molecule has 1 saturated carbocycles. The maximum absolute atomic E-state index is 10.9. The van der Waals surface area contributed by atoms with Gasteiger partial charge in [-0.15, -0.1) is 0 Å². The van der Waals surface area contributed by atoms with Crippen LogP contribution in [0, 0.1) is 5.92 Å². The summed E-state index contributed by atoms with van der Waals surface area (Å²) in [6.45, 7) is 2.91. The molecule has 2 heteroatoms. The van der Waals surface area contributed by atoms with E-state index in [1.54, 1.807) is 0 Å². The first-order valence-electron chi connectivity index (χ1n) is 3.62. The van der Waals surface area contributed by atoms with Crippen molar-refractivity contribution in [2.75, 3.05) is 6.54 Å². The molecule has 0 radical (unpaired) electrons. The quantitative estimate of drug-likeness (QED) is 0.600. The lowest BCUT2D eigenvalue weighted by atomic mass is 10.4. The van der Waals surface area contributed by atoms with Crippen molar-refractivity contribution in [3.63, 3.8) is 0 Å². The summed E-state index contributed by atoms with van der Waals surface area (Å²) >= 11 is 0. The number of amides is 1. The van der Waals surface area contributed by atoms with E-state index in [0.29, 0.717) is 5.92 Å². The fourth-order valence-corrected chi connectivity index (χ4v) is 0.738. The highest BCUT2D eigenvalue weighted by Crippen LogP contribution is 2.28. The number of hydrogen-bond donors (Lipinski definition) is 1. The van der Waals surface area contributed by atoms with Gasteiger partial charge < -0.3 is 5.32 Å². The van der Waals surface area contributed by atoms with E-state index in [0.717, 1.165) is 25.8 Å². The van der Waals surface area contributed by atoms with E-state index >= 15 is 0 Å². The summed E-state index contributed by atoms with van der Waals surface area (Å²) in [5.74, 6) is 0.633. The summed E-state index contributed by atoms with van der Waals surface area (Å²) in [6, 6.07) is 0. The van der Waals surface area contributed by atoms with E-state index in [2.05, 4.69) is 12.2 Å². The molecule has 2 nitrogen and oxygen atoms in total. The van der Waals surface area contributed by atoms with Crippen molar-refractivity contribution in [2.45, 2.75) is 26.2 Å². The monoisotopic (exact) mass is 127 g/mol. The van der Waals surface area contributed by atoms with Crippen molar-refractivity contribution in [1.82, 2.24) is 5.32 Å². The molecular formula is C7H13NO. The summed E-state index contributed by atoms with van der Waals surface area (Å²) in [7, 11) is 0. The highest BCUT2D eigenvalue weighted by atomic mass is 16.2. The lowest BCUT2D eigenvalue weighted by Gasteiger charge is -1.98. The molecule has 1 rings (SSSR count). The summed E-state index contributed by atoms with van der Waals surface area (Å²) in [5.41, 5.74) is 0. The SMILES string of the molecule is CCCNC(=O)C1CC1. The van der Waals surface area contributed by atoms with E-state index in [-0.39, 0.29) is 5.91 Å². The Morgan fingerprint density at radius 1 is 1.67 bits per heavy atom. The first-order valence-corrected chi connectivity index (χ1v) is 3.62. The lowest BCUT2D eigenvalue weighted by Crippen LogP contribution is -2.25. The van der Waals surface area contributed by atoms with Gasteiger partial charge in [0.25, 0.3) is 0 Å². The van der Waals surface area contributed by atoms with Gasteiger partial charge in [0, 0.05) is 12.5 Å². The van der Waals surface area contributed by atoms with E-state index in [9.17, 15) is 4.79 Å². The van der Waals surface area contributed by atoms with E-state index in [4.69, 9.17) is 0 Å². The van der Waals surface area contributed by atoms with Crippen LogP contribution >= 0.6 is 0 Å². The summed E-state index contributed by atoms with van der Waals surface area (Å²) in [6.07, 6.45) is 3.25. The van der Waals surface area contributed by atoms with Gasteiger partial charge in [0.2, 0.25) is 5.91 Å². The Hall–Kier alpha value is -0.530. The highest BCUT2D eigenvalue weighted by molar-refractivity contribution is 5.80. The van der Waals surface area contributed by atoms with Crippen molar-refractivity contribution in [3.8, 4) is 0 Å². The molecule has 0 atom stereocenters. The molecule has 52 valence electrons. The minimum absolute atomic E-state index is 0.261. The van der Waals surface area contributed by atoms with Crippen LogP contribution in [0.3, 0.4) is 0 Å². The molecule has 0 saturated heterocycles. The molecule has 9 heavy (non-hydrogen) atoms. The lowest BCUT2D eigenvalue weighted by molar-refractivity contribution is -0.122. The van der Waals surface area contributed by atoms with Crippen molar-refractivity contribution in [2.24, 2.45) is 5.92 Å². The van der Waals surface area contributed by atoms with Crippen molar-refractivity contribution in [1.29, 1.82) is 0 Å². The predicted molar refractivity (Wildman–Crippen MR) is 36.0 cm³/mol. The van der Waals surface area contributed by atoms with Gasteiger partial charge >= 0.3 is 0 Å². The summed E-state index contributed by atoms with van der Waals surface area (Å²) < 4.78 is 0. The van der Waals surface area contributed by atoms with Crippen molar-refractivity contribution in [3.05, 3.63) is 0 Å². The number of carbonyl (C=O) groups excluding carboxylic acids is 1. The summed E-state index contributed by atoms with van der Waals surface area (Å²) in [5, 5.41) is 2.86. The van der Waals surface area contributed by atoms with Gasteiger partial charge in [0.15, 0.2) is 0 Å². The zero-order valence-electron chi connectivity index (χ0n) is 5.81. The fraction of sp³-hybridized carbons (Fsp3) is 0.857. The number of rotatable bonds is 3. The van der Waals surface area contributed by atoms with Crippen molar-refractivity contribution < 1.29 is 4.79 Å². The van der Waals surface area contributed by atoms with E-state index in [1.165, 1.54) is 0 Å². The molecule has 0 heterocycles. The Bertz CT molecular complexity index is 107. The average Bonchev–Trinajstić information content (AvgIpc) is 2.63. The zero-order valence-corrected chi connectivity index (χ0v) is 5.81. The topological polar surface area (TPSA) is 29.1 Å². The molecule has 0 bridgehead atoms. The van der Waals surface area contributed by atoms with Crippen LogP contribution in [0.5, 0.6) is 0 Å². The third kappa shape index (κ3) is 2.04. The van der Waals surface area contributed by atoms with Crippen LogP contribution < -0.4 is 5.32 Å². The van der Waals surface area contributed by atoms with E-state index < -0.39 is 0 Å². The van der Waals surface area contributed by atoms with Gasteiger partial charge in [-0.2, -0.15) is 0 Å². The van der Waals surface area contributed by atoms with Gasteiger partial charge in [-0.1, -0.05) is 6.92 Å². The largest absolute Gasteiger partial charge is 0.356 e. The van der Waals surface area contributed by atoms with E-state index in [1.807, 2.05) is 0 Å². The third-order valence-electron chi connectivity index (χ3n) is 1.50. The zero-order chi connectivity index (χ0) is 6.69. The normalized spacial score (nSPS) is 17.4. The molecule has 0 unspecified atom stereocenters. The second-order valence-corrected chi connectivity index (χ2v) is 2.57. The number of hydrogen-bond acceptors (Lipinski definition) is 1. The van der Waals surface area contributed by atoms with Crippen molar-refractivity contribution >= 4 is 5.91 Å². The van der Waals surface area contributed by atoms with Crippen LogP contribution in [-0.4, -0.2) is 12.5 Å². The van der Waals surface area contributed by atoms with Gasteiger partial charge in [-0.25, -0.2) is 0 Å². The number of nitrogens with one attached hydrogen (secondary N) is 1. The molecule has 1 fully saturated rings. The summed E-state index contributed by atoms with van der Waals surface area (Å²) in [4.78, 5) is 10.9. The first kappa shape index (κ1) is 6.59. The van der Waals surface area contributed by atoms with Crippen LogP contribution in [0.1, 0.15) is 26.2 Å². The Morgan fingerprint density at radius 2 is 2.33 bits per heavy atom. The molecular weight excluding hydrogens is 114 g/mol. The van der Waals surface area contributed by atoms with Gasteiger partial charge in [0.1, 0.15) is 0 Å². The molecule has 1 N–H and O–H groups in total. The maximum Gasteiger partial charge on any atom is 0.223 e. The molecule has 0 aromatic rings. The Morgan fingerprint density at radius 3 is 2.78 bits per heavy atom. The molecule has 0 aromatic carbocycles. The van der Waals surface area contributed by atoms with Gasteiger partial charge in [0.05, 0.1) is 0 Å². The minimum atomic E-state index is 0.261. The smallest absolute Gasteiger partial charge is 0.223 e. The van der Waals surface area contributed by atoms with Crippen LogP contribution in [0.4, 0.5) is 0 Å². The molecule has 0 aromatic heterocycles. The first-order chi connectivity index (χ1) is 4.34. The van der Waals surface area contributed by atoms with Crippen LogP contribution in [-0.2, 0) is 4.79 Å². The molecule has 1 aliphatic rings.